The molecule has 0 aliphatic rings. The van der Waals surface area contributed by atoms with Gasteiger partial charge in [0.25, 0.3) is 0 Å². The van der Waals surface area contributed by atoms with Crippen LogP contribution in [0.5, 0.6) is 0 Å². The zero-order chi connectivity index (χ0) is 11.3. The van der Waals surface area contributed by atoms with Crippen molar-refractivity contribution in [3.8, 4) is 0 Å². The van der Waals surface area contributed by atoms with E-state index in [1.807, 2.05) is 27.0 Å². The van der Waals surface area contributed by atoms with Crippen molar-refractivity contribution in [2.45, 2.75) is 32.9 Å². The largest absolute Gasteiger partial charge is 0.389 e. The van der Waals surface area contributed by atoms with Crippen molar-refractivity contribution in [1.29, 1.82) is 0 Å². The normalized spacial score (nSPS) is 15.5. The van der Waals surface area contributed by atoms with E-state index in [1.165, 1.54) is 0 Å². The predicted octanol–water partition coefficient (Wildman–Crippen LogP) is 0.275. The van der Waals surface area contributed by atoms with Gasteiger partial charge in [-0.1, -0.05) is 19.1 Å². The molecule has 1 aromatic rings. The lowest BCUT2D eigenvalue weighted by Gasteiger charge is -2.27. The van der Waals surface area contributed by atoms with E-state index in [0.29, 0.717) is 6.54 Å². The van der Waals surface area contributed by atoms with E-state index in [9.17, 15) is 5.11 Å². The van der Waals surface area contributed by atoms with Gasteiger partial charge in [0.15, 0.2) is 0 Å². The molecule has 0 fully saturated rings. The molecule has 15 heavy (non-hydrogen) atoms. The fourth-order valence-corrected chi connectivity index (χ4v) is 1.09. The molecule has 0 aromatic carbocycles. The number of nitrogens with zero attached hydrogens (tertiary/aromatic N) is 3. The number of rotatable bonds is 6. The van der Waals surface area contributed by atoms with Crippen molar-refractivity contribution in [3.63, 3.8) is 0 Å². The number of hydrogen-bond acceptors (Lipinski definition) is 4. The summed E-state index contributed by atoms with van der Waals surface area (Å²) in [5, 5.41) is 20.7. The Morgan fingerprint density at radius 1 is 1.53 bits per heavy atom. The third kappa shape index (κ3) is 3.97. The second-order valence-corrected chi connectivity index (χ2v) is 4.35. The fraction of sp³-hybridized carbons (Fsp3) is 0.800. The smallest absolute Gasteiger partial charge is 0.0766 e. The fourth-order valence-electron chi connectivity index (χ4n) is 1.09. The third-order valence-corrected chi connectivity index (χ3v) is 2.72. The summed E-state index contributed by atoms with van der Waals surface area (Å²) in [5.41, 5.74) is -0.650. The second kappa shape index (κ2) is 5.23. The highest BCUT2D eigenvalue weighted by molar-refractivity contribution is 4.78. The van der Waals surface area contributed by atoms with Crippen LogP contribution in [0.25, 0.3) is 0 Å². The van der Waals surface area contributed by atoms with E-state index in [4.69, 9.17) is 0 Å². The van der Waals surface area contributed by atoms with Crippen LogP contribution in [0, 0.1) is 5.92 Å². The highest BCUT2D eigenvalue weighted by atomic mass is 16.3. The number of nitrogens with one attached hydrogen (secondary N) is 1. The van der Waals surface area contributed by atoms with Crippen LogP contribution in [0.15, 0.2) is 12.4 Å². The zero-order valence-corrected chi connectivity index (χ0v) is 9.64. The van der Waals surface area contributed by atoms with Gasteiger partial charge in [-0.15, -0.1) is 5.10 Å². The average molecular weight is 212 g/mol. The monoisotopic (exact) mass is 212 g/mol. The summed E-state index contributed by atoms with van der Waals surface area (Å²) >= 11 is 0. The summed E-state index contributed by atoms with van der Waals surface area (Å²) in [5.74, 6) is 0.247. The highest BCUT2D eigenvalue weighted by Crippen LogP contribution is 2.14. The summed E-state index contributed by atoms with van der Waals surface area (Å²) in [6, 6.07) is 0. The van der Waals surface area contributed by atoms with Gasteiger partial charge in [0.05, 0.1) is 18.3 Å². The number of hydrogen-bond donors (Lipinski definition) is 2. The van der Waals surface area contributed by atoms with E-state index in [2.05, 4.69) is 15.6 Å². The standard InChI is InChI=1S/C10H20N4O/c1-9(2)10(3,15)8-11-4-6-14-7-5-12-13-14/h5,7,9,11,15H,4,6,8H2,1-3H3. The molecule has 1 rings (SSSR count). The minimum atomic E-state index is -0.650. The molecule has 0 saturated carbocycles. The van der Waals surface area contributed by atoms with E-state index >= 15 is 0 Å². The maximum absolute atomic E-state index is 9.95. The van der Waals surface area contributed by atoms with Gasteiger partial charge < -0.3 is 10.4 Å². The second-order valence-electron chi connectivity index (χ2n) is 4.35. The molecular weight excluding hydrogens is 192 g/mol. The van der Waals surface area contributed by atoms with E-state index in [1.54, 1.807) is 10.9 Å². The molecule has 5 nitrogen and oxygen atoms in total. The molecule has 1 heterocycles. The minimum Gasteiger partial charge on any atom is -0.389 e. The van der Waals surface area contributed by atoms with Crippen molar-refractivity contribution in [1.82, 2.24) is 20.3 Å². The van der Waals surface area contributed by atoms with Gasteiger partial charge in [0.2, 0.25) is 0 Å². The Hall–Kier alpha value is -0.940. The first kappa shape index (κ1) is 12.1. The van der Waals surface area contributed by atoms with Crippen LogP contribution >= 0.6 is 0 Å². The van der Waals surface area contributed by atoms with Gasteiger partial charge in [-0.3, -0.25) is 4.68 Å². The maximum Gasteiger partial charge on any atom is 0.0766 e. The van der Waals surface area contributed by atoms with Gasteiger partial charge in [-0.2, -0.15) is 0 Å². The maximum atomic E-state index is 9.95. The predicted molar refractivity (Wildman–Crippen MR) is 58.4 cm³/mol. The lowest BCUT2D eigenvalue weighted by molar-refractivity contribution is 0.0142. The first-order valence-corrected chi connectivity index (χ1v) is 5.29. The van der Waals surface area contributed by atoms with Crippen molar-refractivity contribution >= 4 is 0 Å². The SMILES string of the molecule is CC(C)C(C)(O)CNCCn1ccnn1. The van der Waals surface area contributed by atoms with Crippen LogP contribution in [0.3, 0.4) is 0 Å². The van der Waals surface area contributed by atoms with Crippen molar-refractivity contribution in [2.24, 2.45) is 5.92 Å². The van der Waals surface area contributed by atoms with Gasteiger partial charge in [-0.25, -0.2) is 0 Å². The van der Waals surface area contributed by atoms with Crippen LogP contribution in [-0.4, -0.2) is 38.8 Å². The van der Waals surface area contributed by atoms with Crippen molar-refractivity contribution in [3.05, 3.63) is 12.4 Å². The van der Waals surface area contributed by atoms with E-state index in [-0.39, 0.29) is 5.92 Å². The highest BCUT2D eigenvalue weighted by Gasteiger charge is 2.23. The van der Waals surface area contributed by atoms with Crippen LogP contribution in [0.4, 0.5) is 0 Å². The molecule has 0 aliphatic carbocycles. The van der Waals surface area contributed by atoms with Crippen LogP contribution < -0.4 is 5.32 Å². The first-order chi connectivity index (χ1) is 7.02. The topological polar surface area (TPSA) is 63.0 Å². The molecule has 0 spiro atoms. The molecule has 1 atom stereocenters. The van der Waals surface area contributed by atoms with Gasteiger partial charge in [-0.05, 0) is 12.8 Å². The Bertz CT molecular complexity index is 269. The molecule has 0 bridgehead atoms. The summed E-state index contributed by atoms with van der Waals surface area (Å²) in [6.07, 6.45) is 3.48. The summed E-state index contributed by atoms with van der Waals surface area (Å²) in [7, 11) is 0. The van der Waals surface area contributed by atoms with Gasteiger partial charge in [0.1, 0.15) is 0 Å². The van der Waals surface area contributed by atoms with Crippen LogP contribution in [-0.2, 0) is 6.54 Å². The quantitative estimate of drug-likeness (QED) is 0.665. The number of aromatic nitrogens is 3. The lowest BCUT2D eigenvalue weighted by Crippen LogP contribution is -2.43. The Morgan fingerprint density at radius 2 is 2.27 bits per heavy atom. The molecular formula is C10H20N4O. The van der Waals surface area contributed by atoms with Crippen molar-refractivity contribution in [2.75, 3.05) is 13.1 Å². The molecule has 5 heteroatoms. The van der Waals surface area contributed by atoms with E-state index in [0.717, 1.165) is 13.1 Å². The van der Waals surface area contributed by atoms with E-state index < -0.39 is 5.60 Å². The molecule has 1 unspecified atom stereocenters. The Balaban J connectivity index is 2.17. The molecule has 2 N–H and O–H groups in total. The lowest BCUT2D eigenvalue weighted by atomic mass is 9.93. The Morgan fingerprint density at radius 3 is 2.80 bits per heavy atom. The van der Waals surface area contributed by atoms with Crippen LogP contribution in [0.1, 0.15) is 20.8 Å². The van der Waals surface area contributed by atoms with Gasteiger partial charge >= 0.3 is 0 Å². The molecule has 86 valence electrons. The molecule has 0 aliphatic heterocycles. The Labute approximate surface area is 90.5 Å². The minimum absolute atomic E-state index is 0.247. The first-order valence-electron chi connectivity index (χ1n) is 5.29. The van der Waals surface area contributed by atoms with Gasteiger partial charge in [0, 0.05) is 19.3 Å². The zero-order valence-electron chi connectivity index (χ0n) is 9.64. The summed E-state index contributed by atoms with van der Waals surface area (Å²) < 4.78 is 1.76. The molecule has 0 amide bonds. The average Bonchev–Trinajstić information content (AvgIpc) is 2.64. The Kier molecular flexibility index (Phi) is 4.23. The van der Waals surface area contributed by atoms with Crippen LogP contribution in [0.2, 0.25) is 0 Å². The molecule has 0 radical (unpaired) electrons. The van der Waals surface area contributed by atoms with Crippen molar-refractivity contribution < 1.29 is 5.11 Å². The molecule has 0 saturated heterocycles. The summed E-state index contributed by atoms with van der Waals surface area (Å²) in [4.78, 5) is 0. The number of aliphatic hydroxyl groups is 1. The third-order valence-electron chi connectivity index (χ3n) is 2.72. The summed E-state index contributed by atoms with van der Waals surface area (Å²) in [6.45, 7) is 8.03. The molecule has 1 aromatic heterocycles.